The summed E-state index contributed by atoms with van der Waals surface area (Å²) in [5, 5.41) is 2.67. The number of aryl methyl sites for hydroxylation is 1. The number of oxazole rings is 1. The summed E-state index contributed by atoms with van der Waals surface area (Å²) in [5.41, 5.74) is 5.15. The third-order valence-electron chi connectivity index (χ3n) is 1.19. The average molecular weight is 155 g/mol. The molecule has 0 bridgehead atoms. The Hall–Kier alpha value is -1.52. The van der Waals surface area contributed by atoms with Gasteiger partial charge in [-0.25, -0.2) is 4.98 Å². The zero-order valence-electron chi connectivity index (χ0n) is 6.34. The smallest absolute Gasteiger partial charge is 0.272 e. The van der Waals surface area contributed by atoms with Gasteiger partial charge in [0, 0.05) is 14.0 Å². The lowest BCUT2D eigenvalue weighted by molar-refractivity contribution is 0.0996. The van der Waals surface area contributed by atoms with Crippen molar-refractivity contribution in [3.05, 3.63) is 11.6 Å². The van der Waals surface area contributed by atoms with Crippen LogP contribution in [0.5, 0.6) is 0 Å². The molecule has 0 aliphatic carbocycles. The molecule has 0 radical (unpaired) electrons. The molecule has 0 spiro atoms. The van der Waals surface area contributed by atoms with Gasteiger partial charge in [0.15, 0.2) is 11.6 Å². The van der Waals surface area contributed by atoms with Crippen LogP contribution in [0.3, 0.4) is 0 Å². The second-order valence-electron chi connectivity index (χ2n) is 2.02. The van der Waals surface area contributed by atoms with E-state index >= 15 is 0 Å². The van der Waals surface area contributed by atoms with E-state index in [0.717, 1.165) is 0 Å². The summed E-state index contributed by atoms with van der Waals surface area (Å²) in [7, 11) is 1.63. The Morgan fingerprint density at radius 1 is 1.73 bits per heavy atom. The predicted octanol–water partition coefficient (Wildman–Crippen LogP) is 0.124. The van der Waals surface area contributed by atoms with Crippen LogP contribution < -0.4 is 11.1 Å². The standard InChI is InChI=1S/C6H9N3O2/c1-3-9-4(5(7)10)6(8-2)11-3/h8H,1-2H3,(H2,7,10). The van der Waals surface area contributed by atoms with Gasteiger partial charge >= 0.3 is 0 Å². The third-order valence-corrected chi connectivity index (χ3v) is 1.19. The fourth-order valence-electron chi connectivity index (χ4n) is 0.764. The summed E-state index contributed by atoms with van der Waals surface area (Å²) in [6, 6.07) is 0. The number of nitrogens with zero attached hydrogens (tertiary/aromatic N) is 1. The minimum absolute atomic E-state index is 0.144. The molecule has 5 heteroatoms. The zero-order valence-corrected chi connectivity index (χ0v) is 6.34. The molecule has 1 heterocycles. The van der Waals surface area contributed by atoms with Crippen LogP contribution in [0.2, 0.25) is 0 Å². The Kier molecular flexibility index (Phi) is 1.80. The van der Waals surface area contributed by atoms with Crippen LogP contribution in [0.4, 0.5) is 5.88 Å². The van der Waals surface area contributed by atoms with Gasteiger partial charge in [0.05, 0.1) is 0 Å². The fraction of sp³-hybridized carbons (Fsp3) is 0.333. The molecule has 0 aliphatic rings. The van der Waals surface area contributed by atoms with E-state index in [4.69, 9.17) is 10.2 Å². The Morgan fingerprint density at radius 3 is 2.73 bits per heavy atom. The Morgan fingerprint density at radius 2 is 2.36 bits per heavy atom. The van der Waals surface area contributed by atoms with E-state index in [9.17, 15) is 4.79 Å². The predicted molar refractivity (Wildman–Crippen MR) is 39.3 cm³/mol. The molecule has 0 aromatic carbocycles. The number of amides is 1. The van der Waals surface area contributed by atoms with Crippen LogP contribution in [0, 0.1) is 6.92 Å². The minimum atomic E-state index is -0.591. The third kappa shape index (κ3) is 1.31. The lowest BCUT2D eigenvalue weighted by atomic mass is 10.4. The van der Waals surface area contributed by atoms with Crippen LogP contribution in [-0.2, 0) is 0 Å². The van der Waals surface area contributed by atoms with Gasteiger partial charge in [-0.3, -0.25) is 4.79 Å². The van der Waals surface area contributed by atoms with Gasteiger partial charge in [0.2, 0.25) is 5.88 Å². The molecule has 1 amide bonds. The molecule has 0 aliphatic heterocycles. The number of nitrogens with two attached hydrogens (primary N) is 1. The van der Waals surface area contributed by atoms with E-state index in [-0.39, 0.29) is 5.69 Å². The molecule has 11 heavy (non-hydrogen) atoms. The highest BCUT2D eigenvalue weighted by atomic mass is 16.4. The Labute approximate surface area is 63.6 Å². The molecular formula is C6H9N3O2. The molecule has 0 unspecified atom stereocenters. The van der Waals surface area contributed by atoms with Crippen molar-refractivity contribution < 1.29 is 9.21 Å². The maximum Gasteiger partial charge on any atom is 0.272 e. The first-order valence-electron chi connectivity index (χ1n) is 3.10. The molecule has 5 nitrogen and oxygen atoms in total. The largest absolute Gasteiger partial charge is 0.425 e. The van der Waals surface area contributed by atoms with E-state index in [1.807, 2.05) is 0 Å². The number of carbonyl (C=O) groups is 1. The lowest BCUT2D eigenvalue weighted by Crippen LogP contribution is -2.13. The van der Waals surface area contributed by atoms with Crippen LogP contribution in [0.1, 0.15) is 16.4 Å². The summed E-state index contributed by atoms with van der Waals surface area (Å²) < 4.78 is 5.00. The van der Waals surface area contributed by atoms with Gasteiger partial charge in [0.25, 0.3) is 5.91 Å². The Balaban J connectivity index is 3.12. The first kappa shape index (κ1) is 7.59. The van der Waals surface area contributed by atoms with Crippen molar-refractivity contribution in [1.29, 1.82) is 0 Å². The van der Waals surface area contributed by atoms with E-state index < -0.39 is 5.91 Å². The van der Waals surface area contributed by atoms with Crippen LogP contribution in [0.25, 0.3) is 0 Å². The monoisotopic (exact) mass is 155 g/mol. The van der Waals surface area contributed by atoms with Crippen molar-refractivity contribution in [3.63, 3.8) is 0 Å². The summed E-state index contributed by atoms with van der Waals surface area (Å²) >= 11 is 0. The molecule has 1 aromatic heterocycles. The first-order valence-corrected chi connectivity index (χ1v) is 3.10. The van der Waals surface area contributed by atoms with Crippen LogP contribution >= 0.6 is 0 Å². The van der Waals surface area contributed by atoms with Gasteiger partial charge < -0.3 is 15.5 Å². The SMILES string of the molecule is CNc1oc(C)nc1C(N)=O. The Bertz CT molecular complexity index is 279. The van der Waals surface area contributed by atoms with E-state index in [2.05, 4.69) is 10.3 Å². The molecule has 0 saturated carbocycles. The number of anilines is 1. The van der Waals surface area contributed by atoms with Gasteiger partial charge in [-0.1, -0.05) is 0 Å². The van der Waals surface area contributed by atoms with Gasteiger partial charge in [0.1, 0.15) is 0 Å². The molecule has 60 valence electrons. The summed E-state index contributed by atoms with van der Waals surface area (Å²) in [5.74, 6) is 0.143. The van der Waals surface area contributed by atoms with Crippen molar-refractivity contribution in [2.75, 3.05) is 12.4 Å². The van der Waals surface area contributed by atoms with Gasteiger partial charge in [-0.2, -0.15) is 0 Å². The lowest BCUT2D eigenvalue weighted by Gasteiger charge is -1.92. The van der Waals surface area contributed by atoms with E-state index in [1.54, 1.807) is 14.0 Å². The molecule has 0 atom stereocenters. The average Bonchev–Trinajstić information content (AvgIpc) is 2.30. The van der Waals surface area contributed by atoms with E-state index in [0.29, 0.717) is 11.8 Å². The number of hydrogen-bond donors (Lipinski definition) is 2. The number of rotatable bonds is 2. The molecule has 3 N–H and O–H groups in total. The fourth-order valence-corrected chi connectivity index (χ4v) is 0.764. The summed E-state index contributed by atoms with van der Waals surface area (Å²) in [6.45, 7) is 1.65. The van der Waals surface area contributed by atoms with Crippen molar-refractivity contribution in [1.82, 2.24) is 4.98 Å². The topological polar surface area (TPSA) is 81.2 Å². The van der Waals surface area contributed by atoms with Gasteiger partial charge in [-0.15, -0.1) is 0 Å². The maximum absolute atomic E-state index is 10.7. The van der Waals surface area contributed by atoms with Crippen molar-refractivity contribution in [2.45, 2.75) is 6.92 Å². The normalized spacial score (nSPS) is 9.64. The van der Waals surface area contributed by atoms with Gasteiger partial charge in [-0.05, 0) is 0 Å². The number of primary amides is 1. The van der Waals surface area contributed by atoms with Crippen LogP contribution in [0.15, 0.2) is 4.42 Å². The highest BCUT2D eigenvalue weighted by molar-refractivity contribution is 5.95. The second kappa shape index (κ2) is 2.61. The molecule has 0 fully saturated rings. The number of hydrogen-bond acceptors (Lipinski definition) is 4. The molecular weight excluding hydrogens is 146 g/mol. The van der Waals surface area contributed by atoms with E-state index in [1.165, 1.54) is 0 Å². The van der Waals surface area contributed by atoms with Crippen molar-refractivity contribution >= 4 is 11.8 Å². The number of nitrogens with one attached hydrogen (secondary N) is 1. The van der Waals surface area contributed by atoms with Crippen molar-refractivity contribution in [2.24, 2.45) is 5.73 Å². The number of carbonyl (C=O) groups excluding carboxylic acids is 1. The molecule has 1 rings (SSSR count). The summed E-state index contributed by atoms with van der Waals surface area (Å²) in [4.78, 5) is 14.4. The molecule has 1 aromatic rings. The van der Waals surface area contributed by atoms with Crippen LogP contribution in [-0.4, -0.2) is 17.9 Å². The highest BCUT2D eigenvalue weighted by Gasteiger charge is 2.13. The summed E-state index contributed by atoms with van der Waals surface area (Å²) in [6.07, 6.45) is 0. The first-order chi connectivity index (χ1) is 5.15. The maximum atomic E-state index is 10.7. The minimum Gasteiger partial charge on any atom is -0.425 e. The zero-order chi connectivity index (χ0) is 8.43. The quantitative estimate of drug-likeness (QED) is 0.635. The molecule has 0 saturated heterocycles. The highest BCUT2D eigenvalue weighted by Crippen LogP contribution is 2.14. The second-order valence-corrected chi connectivity index (χ2v) is 2.02. The number of aromatic nitrogens is 1. The van der Waals surface area contributed by atoms with Crippen molar-refractivity contribution in [3.8, 4) is 0 Å².